The molecule has 0 aliphatic heterocycles. The summed E-state index contributed by atoms with van der Waals surface area (Å²) in [6.07, 6.45) is 0. The van der Waals surface area contributed by atoms with E-state index in [2.05, 4.69) is 83.9 Å². The van der Waals surface area contributed by atoms with Crippen molar-refractivity contribution in [2.75, 3.05) is 11.9 Å². The fourth-order valence-corrected chi connectivity index (χ4v) is 2.22. The highest BCUT2D eigenvalue weighted by molar-refractivity contribution is 5.51. The Morgan fingerprint density at radius 3 is 2.20 bits per heavy atom. The molecule has 1 rings (SSSR count). The molecule has 2 nitrogen and oxygen atoms in total. The molecule has 1 aromatic rings. The number of hydrogen-bond donors (Lipinski definition) is 1. The van der Waals surface area contributed by atoms with Gasteiger partial charge in [0.05, 0.1) is 0 Å². The van der Waals surface area contributed by atoms with Gasteiger partial charge in [-0.05, 0) is 42.5 Å². The normalized spacial score (nSPS) is 13.7. The van der Waals surface area contributed by atoms with E-state index in [0.29, 0.717) is 12.1 Å². The third kappa shape index (κ3) is 4.52. The second kappa shape index (κ2) is 6.62. The molecule has 2 heteroatoms. The Bertz CT molecular complexity index is 430. The van der Waals surface area contributed by atoms with Gasteiger partial charge in [0.1, 0.15) is 0 Å². The second-order valence-electron chi connectivity index (χ2n) is 7.30. The van der Waals surface area contributed by atoms with Gasteiger partial charge < -0.3 is 10.2 Å². The van der Waals surface area contributed by atoms with Crippen molar-refractivity contribution in [2.45, 2.75) is 67.1 Å². The van der Waals surface area contributed by atoms with Crippen molar-refractivity contribution in [2.24, 2.45) is 5.41 Å². The molecule has 1 atom stereocenters. The first-order chi connectivity index (χ1) is 9.12. The summed E-state index contributed by atoms with van der Waals surface area (Å²) in [5.74, 6) is 0. The van der Waals surface area contributed by atoms with Crippen molar-refractivity contribution in [3.05, 3.63) is 29.3 Å². The minimum Gasteiger partial charge on any atom is -0.371 e. The summed E-state index contributed by atoms with van der Waals surface area (Å²) in [6.45, 7) is 16.7. The quantitative estimate of drug-likeness (QED) is 0.859. The number of benzene rings is 1. The van der Waals surface area contributed by atoms with Crippen LogP contribution in [-0.4, -0.2) is 19.1 Å². The molecule has 0 amide bonds. The Balaban J connectivity index is 2.86. The highest BCUT2D eigenvalue weighted by Gasteiger charge is 2.24. The zero-order valence-electron chi connectivity index (χ0n) is 14.5. The standard InChI is InChI=1S/C18H32N2/c1-13(2)19-12-16-9-10-17(11-14(16)3)20(8)15(4)18(5,6)7/h9-11,13,15,19H,12H2,1-8H3. The molecule has 0 saturated carbocycles. The zero-order chi connectivity index (χ0) is 15.5. The van der Waals surface area contributed by atoms with Crippen LogP contribution in [0, 0.1) is 12.3 Å². The molecule has 1 unspecified atom stereocenters. The van der Waals surface area contributed by atoms with Crippen molar-refractivity contribution < 1.29 is 0 Å². The highest BCUT2D eigenvalue weighted by Crippen LogP contribution is 2.28. The maximum Gasteiger partial charge on any atom is 0.0369 e. The summed E-state index contributed by atoms with van der Waals surface area (Å²) in [7, 11) is 2.19. The maximum atomic E-state index is 3.48. The van der Waals surface area contributed by atoms with Crippen LogP contribution in [-0.2, 0) is 6.54 Å². The number of nitrogens with one attached hydrogen (secondary N) is 1. The summed E-state index contributed by atoms with van der Waals surface area (Å²) in [6, 6.07) is 7.83. The lowest BCUT2D eigenvalue weighted by Gasteiger charge is -2.37. The van der Waals surface area contributed by atoms with E-state index in [-0.39, 0.29) is 5.41 Å². The topological polar surface area (TPSA) is 15.3 Å². The third-order valence-electron chi connectivity index (χ3n) is 4.27. The van der Waals surface area contributed by atoms with Crippen LogP contribution < -0.4 is 10.2 Å². The lowest BCUT2D eigenvalue weighted by atomic mass is 9.87. The van der Waals surface area contributed by atoms with E-state index < -0.39 is 0 Å². The molecule has 0 heterocycles. The minimum atomic E-state index is 0.278. The second-order valence-corrected chi connectivity index (χ2v) is 7.30. The van der Waals surface area contributed by atoms with E-state index in [1.165, 1.54) is 16.8 Å². The summed E-state index contributed by atoms with van der Waals surface area (Å²) in [5, 5.41) is 3.48. The van der Waals surface area contributed by atoms with Gasteiger partial charge in [-0.25, -0.2) is 0 Å². The van der Waals surface area contributed by atoms with Crippen molar-refractivity contribution in [1.29, 1.82) is 0 Å². The van der Waals surface area contributed by atoms with Gasteiger partial charge in [-0.1, -0.05) is 40.7 Å². The van der Waals surface area contributed by atoms with Crippen molar-refractivity contribution >= 4 is 5.69 Å². The van der Waals surface area contributed by atoms with E-state index in [9.17, 15) is 0 Å². The largest absolute Gasteiger partial charge is 0.371 e. The van der Waals surface area contributed by atoms with Crippen LogP contribution in [0.3, 0.4) is 0 Å². The van der Waals surface area contributed by atoms with Crippen LogP contribution in [0.25, 0.3) is 0 Å². The molecule has 1 N–H and O–H groups in total. The Morgan fingerprint density at radius 1 is 1.15 bits per heavy atom. The minimum absolute atomic E-state index is 0.278. The van der Waals surface area contributed by atoms with Gasteiger partial charge in [-0.3, -0.25) is 0 Å². The summed E-state index contributed by atoms with van der Waals surface area (Å²) < 4.78 is 0. The molecule has 0 aliphatic rings. The van der Waals surface area contributed by atoms with Gasteiger partial charge in [0.2, 0.25) is 0 Å². The Kier molecular flexibility index (Phi) is 5.64. The van der Waals surface area contributed by atoms with E-state index in [4.69, 9.17) is 0 Å². The third-order valence-corrected chi connectivity index (χ3v) is 4.27. The lowest BCUT2D eigenvalue weighted by molar-refractivity contribution is 0.329. The molecule has 0 radical (unpaired) electrons. The van der Waals surface area contributed by atoms with Crippen molar-refractivity contribution in [3.63, 3.8) is 0 Å². The fourth-order valence-electron chi connectivity index (χ4n) is 2.22. The molecule has 114 valence electrons. The molecule has 1 aromatic carbocycles. The monoisotopic (exact) mass is 276 g/mol. The Hall–Kier alpha value is -1.02. The molecular formula is C18H32N2. The maximum absolute atomic E-state index is 3.48. The molecule has 0 spiro atoms. The molecular weight excluding hydrogens is 244 g/mol. The van der Waals surface area contributed by atoms with Crippen LogP contribution >= 0.6 is 0 Å². The number of anilines is 1. The average Bonchev–Trinajstić information content (AvgIpc) is 2.34. The molecule has 0 bridgehead atoms. The predicted molar refractivity (Wildman–Crippen MR) is 90.5 cm³/mol. The van der Waals surface area contributed by atoms with Crippen LogP contribution in [0.15, 0.2) is 18.2 Å². The first-order valence-corrected chi connectivity index (χ1v) is 7.68. The van der Waals surface area contributed by atoms with E-state index in [1.54, 1.807) is 0 Å². The van der Waals surface area contributed by atoms with Crippen LogP contribution in [0.2, 0.25) is 0 Å². The van der Waals surface area contributed by atoms with Crippen LogP contribution in [0.4, 0.5) is 5.69 Å². The number of hydrogen-bond acceptors (Lipinski definition) is 2. The van der Waals surface area contributed by atoms with Crippen molar-refractivity contribution in [3.8, 4) is 0 Å². The molecule has 0 aliphatic carbocycles. The van der Waals surface area contributed by atoms with Gasteiger partial charge in [0.25, 0.3) is 0 Å². The number of rotatable bonds is 5. The summed E-state index contributed by atoms with van der Waals surface area (Å²) in [5.41, 5.74) is 4.33. The predicted octanol–water partition coefficient (Wildman–Crippen LogP) is 4.36. The van der Waals surface area contributed by atoms with E-state index in [0.717, 1.165) is 6.54 Å². The van der Waals surface area contributed by atoms with Crippen LogP contribution in [0.5, 0.6) is 0 Å². The van der Waals surface area contributed by atoms with Gasteiger partial charge >= 0.3 is 0 Å². The molecule has 20 heavy (non-hydrogen) atoms. The highest BCUT2D eigenvalue weighted by atomic mass is 15.1. The Morgan fingerprint density at radius 2 is 1.75 bits per heavy atom. The number of nitrogens with zero attached hydrogens (tertiary/aromatic N) is 1. The zero-order valence-corrected chi connectivity index (χ0v) is 14.5. The molecule has 0 saturated heterocycles. The molecule has 0 aromatic heterocycles. The summed E-state index contributed by atoms with van der Waals surface area (Å²) in [4.78, 5) is 2.38. The van der Waals surface area contributed by atoms with Gasteiger partial charge in [-0.2, -0.15) is 0 Å². The van der Waals surface area contributed by atoms with Gasteiger partial charge in [-0.15, -0.1) is 0 Å². The van der Waals surface area contributed by atoms with E-state index in [1.807, 2.05) is 0 Å². The first kappa shape index (κ1) is 17.0. The van der Waals surface area contributed by atoms with Crippen LogP contribution in [0.1, 0.15) is 52.7 Å². The smallest absolute Gasteiger partial charge is 0.0369 e. The first-order valence-electron chi connectivity index (χ1n) is 7.68. The Labute approximate surface area is 125 Å². The average molecular weight is 276 g/mol. The van der Waals surface area contributed by atoms with E-state index >= 15 is 0 Å². The SMILES string of the molecule is Cc1cc(N(C)C(C)C(C)(C)C)ccc1CNC(C)C. The summed E-state index contributed by atoms with van der Waals surface area (Å²) >= 11 is 0. The van der Waals surface area contributed by atoms with Gasteiger partial charge in [0, 0.05) is 31.4 Å². The number of aryl methyl sites for hydroxylation is 1. The van der Waals surface area contributed by atoms with Gasteiger partial charge in [0.15, 0.2) is 0 Å². The fraction of sp³-hybridized carbons (Fsp3) is 0.667. The van der Waals surface area contributed by atoms with Crippen molar-refractivity contribution in [1.82, 2.24) is 5.32 Å². The molecule has 0 fully saturated rings. The lowest BCUT2D eigenvalue weighted by Crippen LogP contribution is -2.39.